The summed E-state index contributed by atoms with van der Waals surface area (Å²) in [6, 6.07) is 11.5. The van der Waals surface area contributed by atoms with Crippen LogP contribution in [0.4, 0.5) is 4.39 Å². The number of carboxylic acids is 1. The molecular formula is C19H16FNO4S. The van der Waals surface area contributed by atoms with E-state index in [-0.39, 0.29) is 18.8 Å². The molecule has 0 spiro atoms. The molecular weight excluding hydrogens is 357 g/mol. The monoisotopic (exact) mass is 373 g/mol. The Kier molecular flexibility index (Phi) is 5.48. The average molecular weight is 373 g/mol. The third-order valence-electron chi connectivity index (χ3n) is 3.60. The summed E-state index contributed by atoms with van der Waals surface area (Å²) in [5.41, 5.74) is 2.18. The van der Waals surface area contributed by atoms with Gasteiger partial charge in [0.2, 0.25) is 0 Å². The molecule has 134 valence electrons. The van der Waals surface area contributed by atoms with Gasteiger partial charge in [0, 0.05) is 10.9 Å². The van der Waals surface area contributed by atoms with E-state index >= 15 is 0 Å². The first-order valence-electron chi connectivity index (χ1n) is 7.77. The van der Waals surface area contributed by atoms with Gasteiger partial charge >= 0.3 is 5.97 Å². The van der Waals surface area contributed by atoms with Crippen molar-refractivity contribution in [3.05, 3.63) is 64.9 Å². The molecule has 5 nitrogen and oxygen atoms in total. The number of hydrogen-bond donors (Lipinski definition) is 1. The maximum Gasteiger partial charge on any atom is 0.309 e. The van der Waals surface area contributed by atoms with Gasteiger partial charge in [0.25, 0.3) is 0 Å². The molecule has 3 aromatic rings. The Bertz CT molecular complexity index is 908. The van der Waals surface area contributed by atoms with E-state index in [1.807, 2.05) is 6.07 Å². The van der Waals surface area contributed by atoms with Gasteiger partial charge in [-0.25, -0.2) is 9.37 Å². The minimum Gasteiger partial charge on any atom is -0.493 e. The Labute approximate surface area is 153 Å². The number of thiazole rings is 1. The van der Waals surface area contributed by atoms with Crippen molar-refractivity contribution in [3.63, 3.8) is 0 Å². The van der Waals surface area contributed by atoms with Crippen molar-refractivity contribution in [2.75, 3.05) is 7.11 Å². The van der Waals surface area contributed by atoms with E-state index < -0.39 is 5.97 Å². The number of aromatic nitrogens is 1. The molecule has 0 bridgehead atoms. The van der Waals surface area contributed by atoms with Crippen LogP contribution in [0.5, 0.6) is 11.5 Å². The number of carbonyl (C=O) groups is 1. The van der Waals surface area contributed by atoms with Crippen LogP contribution in [-0.2, 0) is 17.8 Å². The van der Waals surface area contributed by atoms with Crippen molar-refractivity contribution in [1.29, 1.82) is 0 Å². The maximum atomic E-state index is 12.9. The first-order valence-corrected chi connectivity index (χ1v) is 8.65. The van der Waals surface area contributed by atoms with Gasteiger partial charge in [-0.1, -0.05) is 12.1 Å². The molecule has 0 aliphatic rings. The van der Waals surface area contributed by atoms with E-state index in [1.165, 1.54) is 23.5 Å². The van der Waals surface area contributed by atoms with E-state index in [9.17, 15) is 9.18 Å². The number of carboxylic acid groups (broad SMARTS) is 1. The number of ether oxygens (including phenoxy) is 2. The molecule has 0 saturated carbocycles. The van der Waals surface area contributed by atoms with E-state index in [0.717, 1.165) is 11.1 Å². The smallest absolute Gasteiger partial charge is 0.309 e. The van der Waals surface area contributed by atoms with Crippen LogP contribution >= 0.6 is 11.3 Å². The van der Waals surface area contributed by atoms with Gasteiger partial charge in [0.1, 0.15) is 17.4 Å². The third kappa shape index (κ3) is 4.37. The van der Waals surface area contributed by atoms with Crippen LogP contribution in [0.15, 0.2) is 47.8 Å². The number of benzene rings is 2. The number of methoxy groups -OCH3 is 1. The Morgan fingerprint density at radius 3 is 2.65 bits per heavy atom. The van der Waals surface area contributed by atoms with Crippen LogP contribution in [0.25, 0.3) is 10.6 Å². The molecule has 0 radical (unpaired) electrons. The number of aliphatic carboxylic acids is 1. The van der Waals surface area contributed by atoms with E-state index in [4.69, 9.17) is 14.6 Å². The van der Waals surface area contributed by atoms with Crippen LogP contribution in [0.1, 0.15) is 11.3 Å². The van der Waals surface area contributed by atoms with Gasteiger partial charge < -0.3 is 14.6 Å². The zero-order chi connectivity index (χ0) is 18.5. The lowest BCUT2D eigenvalue weighted by molar-refractivity contribution is -0.136. The minimum atomic E-state index is -0.913. The summed E-state index contributed by atoms with van der Waals surface area (Å²) in [5.74, 6) is -0.104. The standard InChI is InChI=1S/C19H16FNO4S/c1-24-17-8-13(19-21-15(11-26-19)9-18(22)23)4-7-16(17)25-10-12-2-5-14(20)6-3-12/h2-8,11H,9-10H2,1H3,(H,22,23). The highest BCUT2D eigenvalue weighted by Gasteiger charge is 2.12. The number of rotatable bonds is 7. The first kappa shape index (κ1) is 17.9. The first-order chi connectivity index (χ1) is 12.5. The molecule has 0 atom stereocenters. The van der Waals surface area contributed by atoms with Gasteiger partial charge in [0.15, 0.2) is 11.5 Å². The molecule has 0 aliphatic heterocycles. The zero-order valence-corrected chi connectivity index (χ0v) is 14.8. The van der Waals surface area contributed by atoms with Crippen molar-refractivity contribution >= 4 is 17.3 Å². The summed E-state index contributed by atoms with van der Waals surface area (Å²) in [4.78, 5) is 15.1. The predicted molar refractivity (Wildman–Crippen MR) is 96.2 cm³/mol. The van der Waals surface area contributed by atoms with Crippen molar-refractivity contribution < 1.29 is 23.8 Å². The van der Waals surface area contributed by atoms with Crippen molar-refractivity contribution in [1.82, 2.24) is 4.98 Å². The Morgan fingerprint density at radius 2 is 1.96 bits per heavy atom. The van der Waals surface area contributed by atoms with Crippen LogP contribution < -0.4 is 9.47 Å². The average Bonchev–Trinajstić information content (AvgIpc) is 3.09. The molecule has 0 amide bonds. The Morgan fingerprint density at radius 1 is 1.19 bits per heavy atom. The van der Waals surface area contributed by atoms with E-state index in [0.29, 0.717) is 22.2 Å². The summed E-state index contributed by atoms with van der Waals surface area (Å²) in [6.07, 6.45) is -0.105. The van der Waals surface area contributed by atoms with Gasteiger partial charge in [-0.3, -0.25) is 4.79 Å². The summed E-state index contributed by atoms with van der Waals surface area (Å²) in [6.45, 7) is 0.288. The van der Waals surface area contributed by atoms with Crippen molar-refractivity contribution in [3.8, 4) is 22.1 Å². The summed E-state index contributed by atoms with van der Waals surface area (Å²) in [7, 11) is 1.54. The molecule has 0 unspecified atom stereocenters. The molecule has 26 heavy (non-hydrogen) atoms. The zero-order valence-electron chi connectivity index (χ0n) is 13.9. The van der Waals surface area contributed by atoms with Gasteiger partial charge in [-0.2, -0.15) is 0 Å². The molecule has 0 saturated heterocycles. The Hall–Kier alpha value is -2.93. The highest BCUT2D eigenvalue weighted by molar-refractivity contribution is 7.13. The Balaban J connectivity index is 1.75. The summed E-state index contributed by atoms with van der Waals surface area (Å²) < 4.78 is 24.1. The minimum absolute atomic E-state index is 0.105. The second kappa shape index (κ2) is 7.97. The summed E-state index contributed by atoms with van der Waals surface area (Å²) >= 11 is 1.37. The molecule has 0 fully saturated rings. The quantitative estimate of drug-likeness (QED) is 0.673. The maximum absolute atomic E-state index is 12.9. The van der Waals surface area contributed by atoms with E-state index in [1.54, 1.807) is 36.8 Å². The second-order valence-electron chi connectivity index (χ2n) is 5.50. The van der Waals surface area contributed by atoms with Crippen molar-refractivity contribution in [2.45, 2.75) is 13.0 Å². The topological polar surface area (TPSA) is 68.7 Å². The fraction of sp³-hybridized carbons (Fsp3) is 0.158. The second-order valence-corrected chi connectivity index (χ2v) is 6.35. The lowest BCUT2D eigenvalue weighted by Crippen LogP contribution is -2.00. The van der Waals surface area contributed by atoms with Gasteiger partial charge in [-0.15, -0.1) is 11.3 Å². The van der Waals surface area contributed by atoms with Crippen LogP contribution in [0, 0.1) is 5.82 Å². The molecule has 1 aromatic heterocycles. The third-order valence-corrected chi connectivity index (χ3v) is 4.54. The fourth-order valence-corrected chi connectivity index (χ4v) is 3.15. The number of hydrogen-bond acceptors (Lipinski definition) is 5. The van der Waals surface area contributed by atoms with Crippen LogP contribution in [-0.4, -0.2) is 23.2 Å². The normalized spacial score (nSPS) is 10.5. The fourth-order valence-electron chi connectivity index (χ4n) is 2.34. The molecule has 7 heteroatoms. The van der Waals surface area contributed by atoms with Gasteiger partial charge in [-0.05, 0) is 35.9 Å². The highest BCUT2D eigenvalue weighted by Crippen LogP contribution is 2.34. The predicted octanol–water partition coefficient (Wildman–Crippen LogP) is 4.16. The van der Waals surface area contributed by atoms with Crippen LogP contribution in [0.2, 0.25) is 0 Å². The molecule has 1 heterocycles. The summed E-state index contributed by atoms with van der Waals surface area (Å²) in [5, 5.41) is 11.3. The van der Waals surface area contributed by atoms with Gasteiger partial charge in [0.05, 0.1) is 19.2 Å². The molecule has 1 N–H and O–H groups in total. The largest absolute Gasteiger partial charge is 0.493 e. The molecule has 3 rings (SSSR count). The molecule has 0 aliphatic carbocycles. The lowest BCUT2D eigenvalue weighted by Gasteiger charge is -2.11. The highest BCUT2D eigenvalue weighted by atomic mass is 32.1. The lowest BCUT2D eigenvalue weighted by atomic mass is 10.2. The van der Waals surface area contributed by atoms with Crippen molar-refractivity contribution in [2.24, 2.45) is 0 Å². The van der Waals surface area contributed by atoms with E-state index in [2.05, 4.69) is 4.98 Å². The molecule has 2 aromatic carbocycles. The number of nitrogens with zero attached hydrogens (tertiary/aromatic N) is 1. The SMILES string of the molecule is COc1cc(-c2nc(CC(=O)O)cs2)ccc1OCc1ccc(F)cc1. The van der Waals surface area contributed by atoms with Crippen LogP contribution in [0.3, 0.4) is 0 Å². The number of halogens is 1.